The van der Waals surface area contributed by atoms with Gasteiger partial charge in [-0.3, -0.25) is 14.4 Å². The number of allylic oxidation sites excluding steroid dienone is 20. The van der Waals surface area contributed by atoms with Crippen LogP contribution in [-0.4, -0.2) is 89.2 Å². The van der Waals surface area contributed by atoms with Crippen molar-refractivity contribution in [2.75, 3.05) is 13.2 Å². The maximum Gasteiger partial charge on any atom is 0.335 e. The maximum absolute atomic E-state index is 13.2. The summed E-state index contributed by atoms with van der Waals surface area (Å²) in [6, 6.07) is 0. The highest BCUT2D eigenvalue weighted by Gasteiger charge is 2.50. The Kier molecular flexibility index (Phi) is 49.1. The number of ether oxygens (including phenoxy) is 5. The molecule has 0 aromatic carbocycles. The van der Waals surface area contributed by atoms with Gasteiger partial charge in [0.25, 0.3) is 0 Å². The lowest BCUT2D eigenvalue weighted by Crippen LogP contribution is -2.61. The summed E-state index contributed by atoms with van der Waals surface area (Å²) in [5, 5.41) is 31.5. The zero-order valence-corrected chi connectivity index (χ0v) is 49.1. The van der Waals surface area contributed by atoms with Crippen LogP contribution in [0.4, 0.5) is 0 Å². The van der Waals surface area contributed by atoms with Gasteiger partial charge in [0.05, 0.1) is 6.61 Å². The van der Waals surface area contributed by atoms with E-state index in [1.165, 1.54) is 38.5 Å². The lowest BCUT2D eigenvalue weighted by molar-refractivity contribution is -0.301. The van der Waals surface area contributed by atoms with Crippen LogP contribution in [-0.2, 0) is 42.9 Å². The highest BCUT2D eigenvalue weighted by Crippen LogP contribution is 2.26. The Balaban J connectivity index is 2.74. The molecule has 0 bridgehead atoms. The van der Waals surface area contributed by atoms with E-state index in [0.717, 1.165) is 128 Å². The summed E-state index contributed by atoms with van der Waals surface area (Å²) < 4.78 is 28.4. The number of carboxylic acid groups (broad SMARTS) is 1. The summed E-state index contributed by atoms with van der Waals surface area (Å²) in [7, 11) is 0. The molecule has 12 nitrogen and oxygen atoms in total. The number of carbonyl (C=O) groups is 4. The number of aliphatic hydroxyl groups is 2. The maximum atomic E-state index is 13.2. The van der Waals surface area contributed by atoms with E-state index in [9.17, 15) is 34.5 Å². The second-order valence-corrected chi connectivity index (χ2v) is 20.2. The van der Waals surface area contributed by atoms with E-state index in [2.05, 4.69) is 142 Å². The monoisotopic (exact) mass is 1100 g/mol. The molecule has 6 atom stereocenters. The highest BCUT2D eigenvalue weighted by atomic mass is 16.7. The molecule has 12 heteroatoms. The van der Waals surface area contributed by atoms with Crippen molar-refractivity contribution in [3.63, 3.8) is 0 Å². The molecule has 0 radical (unpaired) electrons. The van der Waals surface area contributed by atoms with Crippen molar-refractivity contribution in [3.8, 4) is 0 Å². The number of hydrogen-bond acceptors (Lipinski definition) is 11. The van der Waals surface area contributed by atoms with Crippen LogP contribution >= 0.6 is 0 Å². The van der Waals surface area contributed by atoms with Gasteiger partial charge in [-0.05, 0) is 128 Å². The molecule has 0 spiro atoms. The van der Waals surface area contributed by atoms with Crippen molar-refractivity contribution in [2.24, 2.45) is 0 Å². The van der Waals surface area contributed by atoms with Gasteiger partial charge < -0.3 is 39.0 Å². The molecule has 1 heterocycles. The van der Waals surface area contributed by atoms with Crippen molar-refractivity contribution >= 4 is 23.9 Å². The Morgan fingerprint density at radius 1 is 0.430 bits per heavy atom. The van der Waals surface area contributed by atoms with Crippen molar-refractivity contribution in [2.45, 2.75) is 263 Å². The van der Waals surface area contributed by atoms with Gasteiger partial charge in [0, 0.05) is 19.3 Å². The fourth-order valence-electron chi connectivity index (χ4n) is 8.38. The average Bonchev–Trinajstić information content (AvgIpc) is 3.44. The molecular weight excluding hydrogens is 997 g/mol. The van der Waals surface area contributed by atoms with Crippen LogP contribution in [0.5, 0.6) is 0 Å². The van der Waals surface area contributed by atoms with Gasteiger partial charge in [-0.1, -0.05) is 200 Å². The topological polar surface area (TPSA) is 175 Å². The van der Waals surface area contributed by atoms with Crippen LogP contribution in [0.1, 0.15) is 226 Å². The van der Waals surface area contributed by atoms with Crippen LogP contribution in [0.25, 0.3) is 0 Å². The molecule has 446 valence electrons. The summed E-state index contributed by atoms with van der Waals surface area (Å²) in [6.07, 6.45) is 61.6. The van der Waals surface area contributed by atoms with Gasteiger partial charge in [-0.2, -0.15) is 0 Å². The molecule has 6 unspecified atom stereocenters. The Morgan fingerprint density at radius 3 is 1.27 bits per heavy atom. The SMILES string of the molecule is CC/C=C\C/C=C\C/C=C\C/C=C\C/C=C\CCCCCC(=O)OC1C(OCC(COC(=O)CCCC/C=C\C/C=C\C/C=C\C/C=C\CC)OC(=O)CCCCCCC/C=C\CCCCCCCC)OC(C(=O)O)C(O)C1O. The van der Waals surface area contributed by atoms with Crippen LogP contribution in [0.3, 0.4) is 0 Å². The smallest absolute Gasteiger partial charge is 0.335 e. The van der Waals surface area contributed by atoms with Gasteiger partial charge in [-0.25, -0.2) is 4.79 Å². The van der Waals surface area contributed by atoms with E-state index in [-0.39, 0.29) is 25.9 Å². The summed E-state index contributed by atoms with van der Waals surface area (Å²) in [4.78, 5) is 51.2. The molecule has 1 fully saturated rings. The van der Waals surface area contributed by atoms with Gasteiger partial charge >= 0.3 is 23.9 Å². The first-order valence-corrected chi connectivity index (χ1v) is 30.5. The molecule has 1 saturated heterocycles. The van der Waals surface area contributed by atoms with E-state index in [0.29, 0.717) is 19.3 Å². The van der Waals surface area contributed by atoms with Crippen molar-refractivity contribution in [1.29, 1.82) is 0 Å². The Morgan fingerprint density at radius 2 is 0.797 bits per heavy atom. The first-order valence-electron chi connectivity index (χ1n) is 30.5. The molecule has 1 rings (SSSR count). The zero-order chi connectivity index (χ0) is 57.5. The molecule has 79 heavy (non-hydrogen) atoms. The number of rotatable bonds is 50. The van der Waals surface area contributed by atoms with Crippen LogP contribution in [0, 0.1) is 0 Å². The Hall–Kier alpha value is -4.88. The van der Waals surface area contributed by atoms with Gasteiger partial charge in [0.15, 0.2) is 24.6 Å². The van der Waals surface area contributed by atoms with E-state index in [1.807, 2.05) is 0 Å². The van der Waals surface area contributed by atoms with Crippen molar-refractivity contribution in [1.82, 2.24) is 0 Å². The number of carbonyl (C=O) groups excluding carboxylic acids is 3. The summed E-state index contributed by atoms with van der Waals surface area (Å²) >= 11 is 0. The lowest BCUT2D eigenvalue weighted by Gasteiger charge is -2.40. The van der Waals surface area contributed by atoms with Crippen LogP contribution in [0.15, 0.2) is 122 Å². The van der Waals surface area contributed by atoms with E-state index in [4.69, 9.17) is 23.7 Å². The Labute approximate surface area is 478 Å². The number of carboxylic acids is 1. The minimum Gasteiger partial charge on any atom is -0.479 e. The molecular formula is C67H106O12. The highest BCUT2D eigenvalue weighted by molar-refractivity contribution is 5.74. The summed E-state index contributed by atoms with van der Waals surface area (Å²) in [6.45, 7) is 5.70. The number of unbranched alkanes of at least 4 members (excludes halogenated alkanes) is 16. The quantitative estimate of drug-likeness (QED) is 0.0228. The van der Waals surface area contributed by atoms with Gasteiger partial charge in [-0.15, -0.1) is 0 Å². The normalized spacial score (nSPS) is 18.7. The predicted octanol–water partition coefficient (Wildman–Crippen LogP) is 16.0. The van der Waals surface area contributed by atoms with Crippen molar-refractivity contribution < 1.29 is 58.2 Å². The van der Waals surface area contributed by atoms with E-state index < -0.39 is 67.3 Å². The second kappa shape index (κ2) is 53.7. The zero-order valence-electron chi connectivity index (χ0n) is 49.1. The number of aliphatic carboxylic acids is 1. The van der Waals surface area contributed by atoms with E-state index in [1.54, 1.807) is 0 Å². The third-order valence-electron chi connectivity index (χ3n) is 13.0. The average molecular weight is 1100 g/mol. The number of aliphatic hydroxyl groups excluding tert-OH is 2. The van der Waals surface area contributed by atoms with Crippen LogP contribution < -0.4 is 0 Å². The molecule has 0 amide bonds. The Bertz CT molecular complexity index is 1840. The minimum atomic E-state index is -1.93. The molecule has 0 aromatic heterocycles. The fraction of sp³-hybridized carbons (Fsp3) is 0.642. The summed E-state index contributed by atoms with van der Waals surface area (Å²) in [5.74, 6) is -3.24. The van der Waals surface area contributed by atoms with Gasteiger partial charge in [0.1, 0.15) is 18.8 Å². The van der Waals surface area contributed by atoms with Crippen molar-refractivity contribution in [3.05, 3.63) is 122 Å². The largest absolute Gasteiger partial charge is 0.479 e. The molecule has 3 N–H and O–H groups in total. The van der Waals surface area contributed by atoms with E-state index >= 15 is 0 Å². The summed E-state index contributed by atoms with van der Waals surface area (Å²) in [5.41, 5.74) is 0. The fourth-order valence-corrected chi connectivity index (χ4v) is 8.38. The lowest BCUT2D eigenvalue weighted by atomic mass is 9.98. The third kappa shape index (κ3) is 43.6. The molecule has 1 aliphatic rings. The third-order valence-corrected chi connectivity index (χ3v) is 13.0. The first-order chi connectivity index (χ1) is 38.6. The van der Waals surface area contributed by atoms with Gasteiger partial charge in [0.2, 0.25) is 0 Å². The molecule has 1 aliphatic heterocycles. The minimum absolute atomic E-state index is 0.00997. The first kappa shape index (κ1) is 72.1. The number of esters is 3. The second-order valence-electron chi connectivity index (χ2n) is 20.2. The molecule has 0 aliphatic carbocycles. The standard InChI is InChI=1S/C67H106O12/c1-4-7-10-13-16-19-22-25-28-29-30-31-34-37-40-43-46-49-52-55-61(70)78-65-63(72)62(71)64(66(73)74)79-67(65)76-57-58(77-60(69)54-51-48-45-42-39-36-33-27-24-21-18-15-12-9-6-3)56-75-59(68)53-50-47-44-41-38-35-32-26-23-20-17-14-11-8-5-2/h7-8,10-11,16-17,19-20,25-28,30-33,37-38,40-41,58,62-65,67,71-72H,4-6,9,12-15,18,21-24,29,34-36,39,42-57H2,1-3H3,(H,73,74)/b10-7-,11-8-,19-16-,20-17-,28-25-,31-30-,32-26-,33-27-,40-37-,41-38-. The number of hydrogen-bond donors (Lipinski definition) is 3. The molecule has 0 saturated carbocycles. The predicted molar refractivity (Wildman–Crippen MR) is 321 cm³/mol. The van der Waals surface area contributed by atoms with Crippen LogP contribution in [0.2, 0.25) is 0 Å². The molecule has 0 aromatic rings.